The molecule has 15 rings (SSSR count). The number of aryl methyl sites for hydroxylation is 9. The zero-order valence-electron chi connectivity index (χ0n) is 52.8. The van der Waals surface area contributed by atoms with Gasteiger partial charge in [0.2, 0.25) is 0 Å². The average Bonchev–Trinajstić information content (AvgIpc) is 1.71. The standard InChI is InChI=1S/C24H25N5OS.C23H20F3N5OS.C23H23N5OS/c1-15-16(2)31-24(26-15)19-13-25-28(3)23(19)21(30)11-17-9-10-29-14-20(27-22(29)12-17)18-7-5-4-6-8-18;1-30-21(16(11-27-30)22-29-19(13-33-22)23(24,25)26)18(32)9-14-7-8-31-12-17(28-20(31)10-14)15-5-3-2-4-6-15;1-15-14-30-23(25-15)18-12-24-27(2)22(18)20(29)10-16-8-9-28-13-19(26-21(28)11-16)17-6-4-3-5-7-17/h4-8,13-14,17H,9-12H2,1-3H3;2-6,11-14H,7-10H2,1H3;3-7,12-14,16H,8-11H2,1-2H3. The van der Waals surface area contributed by atoms with Gasteiger partial charge in [0.25, 0.3) is 0 Å². The SMILES string of the molecule is Cc1csc(-c2cnn(C)c2C(=O)CC2CCn3cc(-c4ccccc4)nc3C2)n1.Cc1nc(-c2cnn(C)c2C(=O)CC2CCn3cc(-c4ccccc4)nc3C2)sc1C.Cn1ncc(-c2nc(C(F)(F)F)cs2)c1C(=O)CC1CCn2cc(-c3ccccc3)nc2C1. The van der Waals surface area contributed by atoms with E-state index in [2.05, 4.69) is 87.5 Å². The number of Topliss-reactive ketones (excluding diaryl/α,β-unsaturated/α-hetero) is 3. The largest absolute Gasteiger partial charge is 0.434 e. The molecule has 12 heterocycles. The van der Waals surface area contributed by atoms with Crippen molar-refractivity contribution >= 4 is 51.4 Å². The normalized spacial score (nSPS) is 15.9. The second kappa shape index (κ2) is 26.9. The quantitative estimate of drug-likeness (QED) is 0.0882. The fourth-order valence-electron chi connectivity index (χ4n) is 12.7. The van der Waals surface area contributed by atoms with E-state index in [0.29, 0.717) is 36.2 Å². The maximum atomic E-state index is 13.3. The number of fused-ring (bicyclic) bond motifs is 3. The highest BCUT2D eigenvalue weighted by atomic mass is 32.1. The molecule has 480 valence electrons. The molecule has 0 saturated carbocycles. The topological polar surface area (TPSA) is 197 Å². The summed E-state index contributed by atoms with van der Waals surface area (Å²) in [6.45, 7) is 8.59. The van der Waals surface area contributed by atoms with E-state index in [0.717, 1.165) is 152 Å². The second-order valence-electron chi connectivity index (χ2n) is 24.3. The van der Waals surface area contributed by atoms with Gasteiger partial charge in [-0.15, -0.1) is 34.0 Å². The first-order valence-corrected chi connectivity index (χ1v) is 33.8. The number of carbonyl (C=O) groups is 3. The maximum absolute atomic E-state index is 13.3. The van der Waals surface area contributed by atoms with Crippen molar-refractivity contribution in [2.45, 2.75) is 104 Å². The molecule has 0 aliphatic carbocycles. The van der Waals surface area contributed by atoms with Crippen LogP contribution in [0.3, 0.4) is 0 Å². The molecule has 0 fully saturated rings. The Morgan fingerprint density at radius 1 is 0.479 bits per heavy atom. The number of benzene rings is 3. The first kappa shape index (κ1) is 63.4. The van der Waals surface area contributed by atoms with Crippen LogP contribution in [0.5, 0.6) is 0 Å². The zero-order valence-corrected chi connectivity index (χ0v) is 55.2. The molecule has 0 N–H and O–H groups in total. The van der Waals surface area contributed by atoms with E-state index in [1.807, 2.05) is 106 Å². The fraction of sp³-hybridized carbons (Fsp3) is 0.314. The molecule has 0 radical (unpaired) electrons. The van der Waals surface area contributed by atoms with E-state index in [-0.39, 0.29) is 52.2 Å². The minimum absolute atomic E-state index is 0.0980. The molecule has 24 heteroatoms. The summed E-state index contributed by atoms with van der Waals surface area (Å²) in [5, 5.41) is 17.7. The van der Waals surface area contributed by atoms with Crippen LogP contribution in [0.2, 0.25) is 0 Å². The Morgan fingerprint density at radius 3 is 1.17 bits per heavy atom. The molecular formula is C70H68F3N15O3S3. The van der Waals surface area contributed by atoms with E-state index in [9.17, 15) is 27.6 Å². The Balaban J connectivity index is 0.000000128. The van der Waals surface area contributed by atoms with E-state index < -0.39 is 11.9 Å². The van der Waals surface area contributed by atoms with Crippen LogP contribution in [-0.2, 0) is 66.2 Å². The highest BCUT2D eigenvalue weighted by molar-refractivity contribution is 7.15. The van der Waals surface area contributed by atoms with E-state index in [1.54, 1.807) is 51.5 Å². The lowest BCUT2D eigenvalue weighted by Crippen LogP contribution is -2.22. The number of ketones is 3. The van der Waals surface area contributed by atoms with Crippen molar-refractivity contribution in [3.05, 3.63) is 195 Å². The first-order valence-electron chi connectivity index (χ1n) is 31.3. The van der Waals surface area contributed by atoms with Gasteiger partial charge in [0.15, 0.2) is 23.0 Å². The van der Waals surface area contributed by atoms with E-state index >= 15 is 0 Å². The highest BCUT2D eigenvalue weighted by Gasteiger charge is 2.36. The Morgan fingerprint density at radius 2 is 0.840 bits per heavy atom. The van der Waals surface area contributed by atoms with Crippen molar-refractivity contribution in [1.82, 2.24) is 72.9 Å². The number of hydrogen-bond acceptors (Lipinski definition) is 15. The molecule has 18 nitrogen and oxygen atoms in total. The van der Waals surface area contributed by atoms with Gasteiger partial charge in [-0.25, -0.2) is 29.9 Å². The van der Waals surface area contributed by atoms with Crippen molar-refractivity contribution < 1.29 is 27.6 Å². The zero-order chi connectivity index (χ0) is 65.4. The van der Waals surface area contributed by atoms with E-state index in [4.69, 9.17) is 15.0 Å². The number of rotatable bonds is 15. The number of thiazole rings is 3. The van der Waals surface area contributed by atoms with Crippen LogP contribution in [0.4, 0.5) is 13.2 Å². The molecule has 3 aromatic carbocycles. The summed E-state index contributed by atoms with van der Waals surface area (Å²) in [5.74, 6) is 3.86. The Kier molecular flexibility index (Phi) is 18.1. The van der Waals surface area contributed by atoms with Gasteiger partial charge in [-0.1, -0.05) is 91.0 Å². The third-order valence-electron chi connectivity index (χ3n) is 17.7. The van der Waals surface area contributed by atoms with Crippen molar-refractivity contribution in [3.8, 4) is 65.5 Å². The fourth-order valence-corrected chi connectivity index (χ4v) is 15.3. The van der Waals surface area contributed by atoms with Crippen LogP contribution in [0.25, 0.3) is 65.5 Å². The third-order valence-corrected chi connectivity index (χ3v) is 20.7. The third kappa shape index (κ3) is 13.7. The summed E-state index contributed by atoms with van der Waals surface area (Å²) in [7, 11) is 5.29. The highest BCUT2D eigenvalue weighted by Crippen LogP contribution is 2.38. The number of hydrogen-bond donors (Lipinski definition) is 0. The molecule has 3 atom stereocenters. The van der Waals surface area contributed by atoms with Gasteiger partial charge in [-0.05, 0) is 57.8 Å². The molecule has 3 aliphatic heterocycles. The van der Waals surface area contributed by atoms with Gasteiger partial charge in [0.05, 0.1) is 58.1 Å². The van der Waals surface area contributed by atoms with Crippen LogP contribution in [0.1, 0.15) is 109 Å². The predicted octanol–water partition coefficient (Wildman–Crippen LogP) is 14.7. The van der Waals surface area contributed by atoms with Gasteiger partial charge < -0.3 is 13.7 Å². The second-order valence-corrected chi connectivity index (χ2v) is 27.3. The maximum Gasteiger partial charge on any atom is 0.434 e. The first-order chi connectivity index (χ1) is 45.4. The Bertz CT molecular complexity index is 4680. The number of halogens is 3. The number of alkyl halides is 3. The summed E-state index contributed by atoms with van der Waals surface area (Å²) >= 11 is 4.04. The number of nitrogens with zero attached hydrogens (tertiary/aromatic N) is 15. The molecular weight excluding hydrogens is 1250 g/mol. The Labute approximate surface area is 552 Å². The minimum Gasteiger partial charge on any atom is -0.334 e. The van der Waals surface area contributed by atoms with Crippen molar-refractivity contribution in [2.75, 3.05) is 0 Å². The molecule has 3 aliphatic rings. The van der Waals surface area contributed by atoms with Crippen LogP contribution < -0.4 is 0 Å². The molecule has 9 aromatic heterocycles. The molecule has 12 aromatic rings. The van der Waals surface area contributed by atoms with Gasteiger partial charge in [-0.3, -0.25) is 28.4 Å². The monoisotopic (exact) mass is 1320 g/mol. The molecule has 0 spiro atoms. The molecule has 3 unspecified atom stereocenters. The van der Waals surface area contributed by atoms with Crippen LogP contribution >= 0.6 is 34.0 Å². The number of aromatic nitrogens is 15. The smallest absolute Gasteiger partial charge is 0.334 e. The lowest BCUT2D eigenvalue weighted by Gasteiger charge is -2.22. The molecule has 0 bridgehead atoms. The lowest BCUT2D eigenvalue weighted by molar-refractivity contribution is -0.140. The lowest BCUT2D eigenvalue weighted by atomic mass is 9.91. The molecule has 0 amide bonds. The molecule has 94 heavy (non-hydrogen) atoms. The van der Waals surface area contributed by atoms with E-state index in [1.165, 1.54) is 15.8 Å². The van der Waals surface area contributed by atoms with Gasteiger partial charge in [0, 0.05) is 136 Å². The van der Waals surface area contributed by atoms with Gasteiger partial charge in [-0.2, -0.15) is 28.5 Å². The number of carbonyl (C=O) groups excluding carboxylic acids is 3. The van der Waals surface area contributed by atoms with Crippen molar-refractivity contribution in [1.29, 1.82) is 0 Å². The van der Waals surface area contributed by atoms with Gasteiger partial charge >= 0.3 is 6.18 Å². The van der Waals surface area contributed by atoms with Crippen LogP contribution in [0.15, 0.2) is 139 Å². The van der Waals surface area contributed by atoms with Crippen LogP contribution in [0, 0.1) is 38.5 Å². The molecule has 0 saturated heterocycles. The van der Waals surface area contributed by atoms with Gasteiger partial charge in [0.1, 0.15) is 49.6 Å². The van der Waals surface area contributed by atoms with Crippen LogP contribution in [-0.4, -0.2) is 90.3 Å². The van der Waals surface area contributed by atoms with Crippen molar-refractivity contribution in [3.63, 3.8) is 0 Å². The minimum atomic E-state index is -4.52. The predicted molar refractivity (Wildman–Crippen MR) is 357 cm³/mol. The summed E-state index contributed by atoms with van der Waals surface area (Å²) in [4.78, 5) is 68.3. The summed E-state index contributed by atoms with van der Waals surface area (Å²) in [5.41, 5.74) is 10.9. The summed E-state index contributed by atoms with van der Waals surface area (Å²) in [6.07, 6.45) is 13.1. The Hall–Kier alpha value is -9.39. The summed E-state index contributed by atoms with van der Waals surface area (Å²) in [6, 6.07) is 30.4. The summed E-state index contributed by atoms with van der Waals surface area (Å²) < 4.78 is 50.3. The van der Waals surface area contributed by atoms with Crippen molar-refractivity contribution in [2.24, 2.45) is 38.9 Å². The average molecular weight is 1320 g/mol. The number of imidazole rings is 3.